The topological polar surface area (TPSA) is 78.6 Å². The van der Waals surface area contributed by atoms with Crippen LogP contribution < -0.4 is 14.7 Å². The van der Waals surface area contributed by atoms with Crippen molar-refractivity contribution in [1.29, 1.82) is 0 Å². The lowest BCUT2D eigenvalue weighted by Gasteiger charge is -2.37. The molecule has 0 spiro atoms. The number of carbonyl (C=O) groups excluding carboxylic acids is 1. The molecule has 4 rings (SSSR count). The Morgan fingerprint density at radius 2 is 1.68 bits per heavy atom. The van der Waals surface area contributed by atoms with Crippen LogP contribution in [0.25, 0.3) is 11.1 Å². The lowest BCUT2D eigenvalue weighted by molar-refractivity contribution is 0.101. The number of hydrogen-bond donors (Lipinski definition) is 0. The van der Waals surface area contributed by atoms with Gasteiger partial charge in [-0.15, -0.1) is 0 Å². The van der Waals surface area contributed by atoms with E-state index in [1.807, 2.05) is 50.2 Å². The Kier molecular flexibility index (Phi) is 4.62. The lowest BCUT2D eigenvalue weighted by Crippen LogP contribution is -2.47. The molecule has 8 heteroatoms. The first-order valence-electron chi connectivity index (χ1n) is 9.36. The number of fused-ring (bicyclic) bond motifs is 1. The monoisotopic (exact) mass is 380 g/mol. The molecule has 1 aromatic carbocycles. The van der Waals surface area contributed by atoms with Gasteiger partial charge >= 0.3 is 0 Å². The zero-order valence-corrected chi connectivity index (χ0v) is 16.6. The van der Waals surface area contributed by atoms with Gasteiger partial charge in [0.25, 0.3) is 5.71 Å². The van der Waals surface area contributed by atoms with Gasteiger partial charge in [0.1, 0.15) is 11.2 Å². The van der Waals surface area contributed by atoms with Gasteiger partial charge in [-0.05, 0) is 38.1 Å². The van der Waals surface area contributed by atoms with Crippen molar-refractivity contribution >= 4 is 34.3 Å². The van der Waals surface area contributed by atoms with Crippen LogP contribution in [0.2, 0.25) is 0 Å². The number of carbonyl (C=O) groups is 1. The van der Waals surface area contributed by atoms with Gasteiger partial charge in [-0.25, -0.2) is 0 Å². The van der Waals surface area contributed by atoms with Crippen molar-refractivity contribution in [2.75, 3.05) is 55.0 Å². The average Bonchev–Trinajstić information content (AvgIpc) is 3.08. The average molecular weight is 380 g/mol. The molecule has 0 atom stereocenters. The maximum Gasteiger partial charge on any atom is 0.265 e. The number of anilines is 3. The van der Waals surface area contributed by atoms with Crippen LogP contribution in [0.4, 0.5) is 17.5 Å². The Hall–Kier alpha value is -3.16. The summed E-state index contributed by atoms with van der Waals surface area (Å²) in [6.45, 7) is 6.90. The normalized spacial score (nSPS) is 14.6. The van der Waals surface area contributed by atoms with E-state index in [9.17, 15) is 4.79 Å². The molecule has 0 unspecified atom stereocenters. The number of aromatic nitrogens is 3. The van der Waals surface area contributed by atoms with E-state index in [4.69, 9.17) is 9.51 Å². The van der Waals surface area contributed by atoms with E-state index in [1.54, 1.807) is 6.92 Å². The van der Waals surface area contributed by atoms with Crippen molar-refractivity contribution in [2.24, 2.45) is 0 Å². The zero-order valence-electron chi connectivity index (χ0n) is 16.6. The molecule has 3 heterocycles. The Morgan fingerprint density at radius 1 is 1.04 bits per heavy atom. The van der Waals surface area contributed by atoms with Gasteiger partial charge in [0.2, 0.25) is 5.95 Å². The van der Waals surface area contributed by atoms with Crippen molar-refractivity contribution in [3.8, 4) is 0 Å². The van der Waals surface area contributed by atoms with Crippen molar-refractivity contribution in [3.63, 3.8) is 0 Å². The molecule has 0 saturated carbocycles. The largest absolute Gasteiger partial charge is 0.368 e. The molecule has 8 nitrogen and oxygen atoms in total. The fourth-order valence-electron chi connectivity index (χ4n) is 3.47. The van der Waals surface area contributed by atoms with Gasteiger partial charge in [-0.2, -0.15) is 9.97 Å². The molecule has 146 valence electrons. The molecule has 3 aromatic rings. The summed E-state index contributed by atoms with van der Waals surface area (Å²) in [6, 6.07) is 7.82. The summed E-state index contributed by atoms with van der Waals surface area (Å²) in [4.78, 5) is 27.2. The highest BCUT2D eigenvalue weighted by atomic mass is 16.5. The van der Waals surface area contributed by atoms with E-state index in [-0.39, 0.29) is 5.78 Å². The van der Waals surface area contributed by atoms with Crippen LogP contribution in [-0.2, 0) is 0 Å². The van der Waals surface area contributed by atoms with Gasteiger partial charge in [0.05, 0.1) is 5.69 Å². The number of hydrogen-bond acceptors (Lipinski definition) is 8. The second kappa shape index (κ2) is 7.10. The Balaban J connectivity index is 1.56. The molecule has 28 heavy (non-hydrogen) atoms. The molecular weight excluding hydrogens is 356 g/mol. The molecule has 0 radical (unpaired) electrons. The number of aryl methyl sites for hydroxylation is 1. The highest BCUT2D eigenvalue weighted by Crippen LogP contribution is 2.30. The van der Waals surface area contributed by atoms with Gasteiger partial charge in [-0.3, -0.25) is 4.79 Å². The first-order chi connectivity index (χ1) is 13.4. The lowest BCUT2D eigenvalue weighted by atomic mass is 10.1. The number of nitrogens with zero attached hydrogens (tertiary/aromatic N) is 6. The zero-order chi connectivity index (χ0) is 19.8. The second-order valence-electron chi connectivity index (χ2n) is 7.27. The van der Waals surface area contributed by atoms with Gasteiger partial charge in [0, 0.05) is 51.5 Å². The Morgan fingerprint density at radius 3 is 2.29 bits per heavy atom. The smallest absolute Gasteiger partial charge is 0.265 e. The van der Waals surface area contributed by atoms with Gasteiger partial charge in [-0.1, -0.05) is 5.16 Å². The van der Waals surface area contributed by atoms with Crippen LogP contribution in [0.5, 0.6) is 0 Å². The summed E-state index contributed by atoms with van der Waals surface area (Å²) in [7, 11) is 3.83. The first-order valence-corrected chi connectivity index (χ1v) is 9.36. The van der Waals surface area contributed by atoms with E-state index in [0.717, 1.165) is 54.3 Å². The van der Waals surface area contributed by atoms with Crippen LogP contribution in [0.15, 0.2) is 28.8 Å². The van der Waals surface area contributed by atoms with E-state index in [2.05, 4.69) is 19.9 Å². The molecule has 1 aliphatic rings. The molecule has 2 aromatic heterocycles. The molecular formula is C20H24N6O2. The minimum atomic E-state index is 0.0879. The molecule has 0 amide bonds. The van der Waals surface area contributed by atoms with Crippen LogP contribution in [0.1, 0.15) is 23.0 Å². The Labute approximate surface area is 163 Å². The SMILES string of the molecule is CC(=O)c1ccc(N2CCN(c3nc(N(C)C)nc4onc(C)c34)CC2)cc1. The predicted molar refractivity (Wildman–Crippen MR) is 110 cm³/mol. The number of ketones is 1. The van der Waals surface area contributed by atoms with Crippen molar-refractivity contribution < 1.29 is 9.32 Å². The molecule has 0 aliphatic carbocycles. The maximum atomic E-state index is 11.5. The predicted octanol–water partition coefficient (Wildman–Crippen LogP) is 2.52. The standard InChI is InChI=1S/C20H24N6O2/c1-13-17-18(21-20(24(3)4)22-19(17)28-23-13)26-11-9-25(10-12-26)16-7-5-15(6-8-16)14(2)27/h5-8H,9-12H2,1-4H3. The highest BCUT2D eigenvalue weighted by molar-refractivity contribution is 5.94. The maximum absolute atomic E-state index is 11.5. The molecule has 1 aliphatic heterocycles. The first kappa shape index (κ1) is 18.2. The molecule has 0 N–H and O–H groups in total. The third kappa shape index (κ3) is 3.26. The van der Waals surface area contributed by atoms with Crippen LogP contribution in [0.3, 0.4) is 0 Å². The Bertz CT molecular complexity index is 1000. The second-order valence-corrected chi connectivity index (χ2v) is 7.27. The summed E-state index contributed by atoms with van der Waals surface area (Å²) in [5, 5.41) is 4.96. The number of Topliss-reactive ketones (excluding diaryl/α,β-unsaturated/α-hetero) is 1. The summed E-state index contributed by atoms with van der Waals surface area (Å²) in [5.74, 6) is 1.57. The number of benzene rings is 1. The fourth-order valence-corrected chi connectivity index (χ4v) is 3.47. The van der Waals surface area contributed by atoms with Crippen molar-refractivity contribution in [1.82, 2.24) is 15.1 Å². The highest BCUT2D eigenvalue weighted by Gasteiger charge is 2.24. The fraction of sp³-hybridized carbons (Fsp3) is 0.400. The minimum absolute atomic E-state index is 0.0879. The number of rotatable bonds is 4. The van der Waals surface area contributed by atoms with E-state index < -0.39 is 0 Å². The van der Waals surface area contributed by atoms with E-state index >= 15 is 0 Å². The quantitative estimate of drug-likeness (QED) is 0.639. The van der Waals surface area contributed by atoms with Crippen molar-refractivity contribution in [3.05, 3.63) is 35.5 Å². The van der Waals surface area contributed by atoms with Crippen LogP contribution >= 0.6 is 0 Å². The van der Waals surface area contributed by atoms with Crippen LogP contribution in [-0.4, -0.2) is 61.2 Å². The third-order valence-electron chi connectivity index (χ3n) is 5.09. The third-order valence-corrected chi connectivity index (χ3v) is 5.09. The van der Waals surface area contributed by atoms with Crippen LogP contribution in [0, 0.1) is 6.92 Å². The van der Waals surface area contributed by atoms with E-state index in [0.29, 0.717) is 11.7 Å². The summed E-state index contributed by atoms with van der Waals surface area (Å²) in [5.41, 5.74) is 3.20. The number of piperazine rings is 1. The van der Waals surface area contributed by atoms with Gasteiger partial charge in [0.15, 0.2) is 5.78 Å². The molecule has 0 bridgehead atoms. The minimum Gasteiger partial charge on any atom is -0.368 e. The van der Waals surface area contributed by atoms with Crippen molar-refractivity contribution in [2.45, 2.75) is 13.8 Å². The molecule has 1 saturated heterocycles. The summed E-state index contributed by atoms with van der Waals surface area (Å²) in [6.07, 6.45) is 0. The van der Waals surface area contributed by atoms with Gasteiger partial charge < -0.3 is 19.2 Å². The summed E-state index contributed by atoms with van der Waals surface area (Å²) >= 11 is 0. The van der Waals surface area contributed by atoms with E-state index in [1.165, 1.54) is 0 Å². The molecule has 1 fully saturated rings. The summed E-state index contributed by atoms with van der Waals surface area (Å²) < 4.78 is 5.40.